The average molecular weight is 563 g/mol. The summed E-state index contributed by atoms with van der Waals surface area (Å²) in [6.45, 7) is 4.20. The second-order valence-corrected chi connectivity index (χ2v) is 12.6. The Balaban J connectivity index is 1.30. The molecular weight excluding hydrogens is 528 g/mol. The van der Waals surface area contributed by atoms with Crippen LogP contribution in [0.2, 0.25) is 0 Å². The molecule has 4 heterocycles. The van der Waals surface area contributed by atoms with Gasteiger partial charge in [0, 0.05) is 11.8 Å². The highest BCUT2D eigenvalue weighted by atomic mass is 32.2. The summed E-state index contributed by atoms with van der Waals surface area (Å²) in [4.78, 5) is 43.5. The van der Waals surface area contributed by atoms with Crippen LogP contribution in [-0.4, -0.2) is 71.4 Å². The number of aliphatic hydroxyl groups is 1. The summed E-state index contributed by atoms with van der Waals surface area (Å²) in [6.07, 6.45) is 1.25. The second kappa shape index (κ2) is 10.5. The van der Waals surface area contributed by atoms with Gasteiger partial charge in [-0.2, -0.15) is 0 Å². The Bertz CT molecular complexity index is 1430. The molecule has 10 nitrogen and oxygen atoms in total. The minimum absolute atomic E-state index is 0.0405. The molecule has 3 unspecified atom stereocenters. The Hall–Kier alpha value is -3.44. The Kier molecular flexibility index (Phi) is 7.03. The second-order valence-electron chi connectivity index (χ2n) is 11.0. The molecule has 1 aromatic heterocycles. The highest BCUT2D eigenvalue weighted by molar-refractivity contribution is 8.02. The van der Waals surface area contributed by atoms with E-state index in [4.69, 9.17) is 0 Å². The fourth-order valence-electron chi connectivity index (χ4n) is 7.05. The number of nitrogens with zero attached hydrogens (tertiary/aromatic N) is 4. The number of aliphatic hydroxyl groups excluding tert-OH is 1. The van der Waals surface area contributed by atoms with E-state index in [2.05, 4.69) is 27.9 Å². The largest absolute Gasteiger partial charge is 0.394 e. The van der Waals surface area contributed by atoms with Crippen molar-refractivity contribution in [3.63, 3.8) is 0 Å². The lowest BCUT2D eigenvalue weighted by atomic mass is 9.66. The third-order valence-corrected chi connectivity index (χ3v) is 11.0. The van der Waals surface area contributed by atoms with Crippen LogP contribution in [0.3, 0.4) is 0 Å². The lowest BCUT2D eigenvalue weighted by Crippen LogP contribution is -2.58. The quantitative estimate of drug-likeness (QED) is 0.363. The Labute approximate surface area is 236 Å². The summed E-state index contributed by atoms with van der Waals surface area (Å²) >= 11 is 1.62. The molecule has 3 amide bonds. The van der Waals surface area contributed by atoms with E-state index < -0.39 is 28.7 Å². The molecule has 3 N–H and O–H groups in total. The van der Waals surface area contributed by atoms with Gasteiger partial charge in [0.15, 0.2) is 0 Å². The molecule has 0 saturated carbocycles. The number of hydrogen-bond donors (Lipinski definition) is 3. The first-order chi connectivity index (χ1) is 19.4. The van der Waals surface area contributed by atoms with Crippen molar-refractivity contribution in [3.8, 4) is 0 Å². The topological polar surface area (TPSA) is 129 Å². The fraction of sp³-hybridized carbons (Fsp3) is 0.483. The monoisotopic (exact) mass is 562 g/mol. The van der Waals surface area contributed by atoms with E-state index in [-0.39, 0.29) is 42.2 Å². The van der Waals surface area contributed by atoms with Crippen molar-refractivity contribution < 1.29 is 19.5 Å². The number of fused-ring (bicyclic) bond motifs is 2. The van der Waals surface area contributed by atoms with Gasteiger partial charge < -0.3 is 20.6 Å². The lowest BCUT2D eigenvalue weighted by Gasteiger charge is -2.40. The number of hydrogen-bond acceptors (Lipinski definition) is 7. The molecule has 2 aromatic carbocycles. The van der Waals surface area contributed by atoms with Crippen LogP contribution in [0.1, 0.15) is 32.3 Å². The number of benzene rings is 2. The number of likely N-dealkylation sites (tertiary alicyclic amines) is 1. The number of nitrogens with one attached hydrogen (secondary N) is 2. The van der Waals surface area contributed by atoms with Crippen LogP contribution < -0.4 is 10.6 Å². The maximum absolute atomic E-state index is 14.2. The maximum atomic E-state index is 14.2. The minimum Gasteiger partial charge on any atom is -0.394 e. The first-order valence-electron chi connectivity index (χ1n) is 13.9. The van der Waals surface area contributed by atoms with E-state index in [1.54, 1.807) is 21.3 Å². The van der Waals surface area contributed by atoms with Crippen LogP contribution in [0.5, 0.6) is 0 Å². The van der Waals surface area contributed by atoms with Gasteiger partial charge in [-0.25, -0.2) is 4.68 Å². The van der Waals surface area contributed by atoms with Crippen molar-refractivity contribution in [1.82, 2.24) is 30.5 Å². The van der Waals surface area contributed by atoms with Crippen molar-refractivity contribution in [2.75, 3.05) is 6.61 Å². The van der Waals surface area contributed by atoms with Crippen molar-refractivity contribution in [2.24, 2.45) is 17.8 Å². The van der Waals surface area contributed by atoms with Gasteiger partial charge in [-0.1, -0.05) is 61.5 Å². The molecule has 3 saturated heterocycles. The summed E-state index contributed by atoms with van der Waals surface area (Å²) < 4.78 is 0.864. The summed E-state index contributed by atoms with van der Waals surface area (Å²) in [5.74, 6) is -1.79. The lowest BCUT2D eigenvalue weighted by molar-refractivity contribution is -0.143. The molecular formula is C29H34N6O4S. The molecule has 1 spiro atoms. The van der Waals surface area contributed by atoms with E-state index in [1.807, 2.05) is 61.5 Å². The first-order valence-corrected chi connectivity index (χ1v) is 14.8. The van der Waals surface area contributed by atoms with Gasteiger partial charge in [0.2, 0.25) is 17.7 Å². The molecule has 3 aromatic rings. The third kappa shape index (κ3) is 4.09. The molecule has 210 valence electrons. The van der Waals surface area contributed by atoms with E-state index >= 15 is 0 Å². The Morgan fingerprint density at radius 3 is 2.62 bits per heavy atom. The zero-order chi connectivity index (χ0) is 28.0. The molecule has 7 atom stereocenters. The number of aromatic nitrogens is 3. The highest BCUT2D eigenvalue weighted by Crippen LogP contribution is 2.68. The normalized spacial score (nSPS) is 29.5. The van der Waals surface area contributed by atoms with Gasteiger partial charge >= 0.3 is 0 Å². The number of carbonyl (C=O) groups excluding carboxylic acids is 3. The summed E-state index contributed by atoms with van der Waals surface area (Å²) in [6, 6.07) is 15.9. The number of thioether (sulfide) groups is 1. The highest BCUT2D eigenvalue weighted by Gasteiger charge is 2.76. The fourth-order valence-corrected chi connectivity index (χ4v) is 9.46. The predicted molar refractivity (Wildman–Crippen MR) is 151 cm³/mol. The first kappa shape index (κ1) is 26.8. The number of rotatable bonds is 9. The van der Waals surface area contributed by atoms with Gasteiger partial charge in [-0.15, -0.1) is 16.9 Å². The van der Waals surface area contributed by atoms with Crippen LogP contribution >= 0.6 is 11.8 Å². The Morgan fingerprint density at radius 1 is 1.12 bits per heavy atom. The van der Waals surface area contributed by atoms with Crippen LogP contribution in [0, 0.1) is 17.8 Å². The molecule has 3 aliphatic heterocycles. The zero-order valence-electron chi connectivity index (χ0n) is 22.6. The minimum atomic E-state index is -0.811. The smallest absolute Gasteiger partial charge is 0.245 e. The van der Waals surface area contributed by atoms with Crippen LogP contribution in [0.25, 0.3) is 11.0 Å². The van der Waals surface area contributed by atoms with Crippen molar-refractivity contribution in [1.29, 1.82) is 0 Å². The van der Waals surface area contributed by atoms with Gasteiger partial charge in [0.25, 0.3) is 0 Å². The Morgan fingerprint density at radius 2 is 1.88 bits per heavy atom. The standard InChI is InChI=1S/C29H34N6O4S/c1-3-19(15-36)35-25(27(38)31-16-34-21-12-8-7-11-20(21)32-33-34)29-17(2)13-22(40-29)23(24(29)28(35)39)26(37)30-14-18-9-5-4-6-10-18/h4-12,17,19,22-25,36H,3,13-16H2,1-2H3,(H,30,37)(H,31,38)/t17?,19-,22-,23+,24-,25?,29?/m0/s1. The van der Waals surface area contributed by atoms with Crippen molar-refractivity contribution in [2.45, 2.75) is 62.0 Å². The molecule has 0 aliphatic carbocycles. The van der Waals surface area contributed by atoms with Gasteiger partial charge in [0.05, 0.1) is 34.7 Å². The van der Waals surface area contributed by atoms with Crippen molar-refractivity contribution >= 4 is 40.5 Å². The summed E-state index contributed by atoms with van der Waals surface area (Å²) in [5.41, 5.74) is 2.50. The molecule has 0 radical (unpaired) electrons. The molecule has 11 heteroatoms. The molecule has 3 aliphatic rings. The van der Waals surface area contributed by atoms with E-state index in [1.165, 1.54) is 0 Å². The van der Waals surface area contributed by atoms with Gasteiger partial charge in [-0.3, -0.25) is 14.4 Å². The number of amides is 3. The van der Waals surface area contributed by atoms with Crippen LogP contribution in [0.15, 0.2) is 54.6 Å². The van der Waals surface area contributed by atoms with Gasteiger partial charge in [-0.05, 0) is 36.5 Å². The molecule has 6 rings (SSSR count). The third-order valence-electron chi connectivity index (χ3n) is 8.94. The van der Waals surface area contributed by atoms with Gasteiger partial charge in [0.1, 0.15) is 18.2 Å². The molecule has 3 fully saturated rings. The number of para-hydroxylation sites is 1. The van der Waals surface area contributed by atoms with Crippen LogP contribution in [0.4, 0.5) is 0 Å². The predicted octanol–water partition coefficient (Wildman–Crippen LogP) is 1.93. The van der Waals surface area contributed by atoms with Crippen LogP contribution in [-0.2, 0) is 27.6 Å². The van der Waals surface area contributed by atoms with E-state index in [9.17, 15) is 19.5 Å². The maximum Gasteiger partial charge on any atom is 0.245 e. The summed E-state index contributed by atoms with van der Waals surface area (Å²) in [5, 5.41) is 24.6. The molecule has 40 heavy (non-hydrogen) atoms. The van der Waals surface area contributed by atoms with E-state index in [0.29, 0.717) is 13.0 Å². The zero-order valence-corrected chi connectivity index (χ0v) is 23.4. The van der Waals surface area contributed by atoms with Crippen molar-refractivity contribution in [3.05, 3.63) is 60.2 Å². The SMILES string of the molecule is CC[C@@H](CO)N1C(=O)[C@@H]2[C@H](C(=O)NCc3ccccc3)[C@@H]3CC(C)C2(S3)C1C(=O)NCn1nnc2ccccc21. The molecule has 2 bridgehead atoms. The average Bonchev–Trinajstić information content (AvgIpc) is 3.69. The number of carbonyl (C=O) groups is 3. The summed E-state index contributed by atoms with van der Waals surface area (Å²) in [7, 11) is 0. The van der Waals surface area contributed by atoms with E-state index in [0.717, 1.165) is 23.0 Å².